The van der Waals surface area contributed by atoms with Gasteiger partial charge in [0.15, 0.2) is 0 Å². The third-order valence-corrected chi connectivity index (χ3v) is 3.50. The highest BCUT2D eigenvalue weighted by molar-refractivity contribution is 5.90. The van der Waals surface area contributed by atoms with Gasteiger partial charge in [0, 0.05) is 18.5 Å². The first-order chi connectivity index (χ1) is 9.30. The van der Waals surface area contributed by atoms with Crippen LogP contribution in [-0.2, 0) is 11.2 Å². The van der Waals surface area contributed by atoms with E-state index >= 15 is 0 Å². The minimum atomic E-state index is 0.0460. The summed E-state index contributed by atoms with van der Waals surface area (Å²) in [6, 6.07) is 4.07. The van der Waals surface area contributed by atoms with Crippen molar-refractivity contribution in [3.8, 4) is 5.75 Å². The smallest absolute Gasteiger partial charge is 0.132 e. The van der Waals surface area contributed by atoms with E-state index in [2.05, 4.69) is 18.3 Å². The fraction of sp³-hybridized carbons (Fsp3) is 0.533. The van der Waals surface area contributed by atoms with Crippen LogP contribution in [0.25, 0.3) is 0 Å². The number of nitrogens with one attached hydrogen (secondary N) is 2. The van der Waals surface area contributed by atoms with Crippen molar-refractivity contribution in [3.63, 3.8) is 0 Å². The lowest BCUT2D eigenvalue weighted by Gasteiger charge is -2.26. The van der Waals surface area contributed by atoms with Crippen LogP contribution in [0.1, 0.15) is 37.3 Å². The van der Waals surface area contributed by atoms with Crippen molar-refractivity contribution >= 4 is 11.9 Å². The van der Waals surface area contributed by atoms with E-state index in [1.807, 2.05) is 6.07 Å². The van der Waals surface area contributed by atoms with Gasteiger partial charge in [0.1, 0.15) is 12.0 Å². The highest BCUT2D eigenvalue weighted by Gasteiger charge is 2.17. The molecule has 1 aromatic carbocycles. The Bertz CT molecular complexity index is 440. The van der Waals surface area contributed by atoms with Gasteiger partial charge in [-0.05, 0) is 37.3 Å². The number of hydrogen-bond acceptors (Lipinski definition) is 4. The molecule has 1 saturated heterocycles. The zero-order valence-corrected chi connectivity index (χ0v) is 11.7. The molecule has 1 aliphatic heterocycles. The standard InChI is InChI=1S/C15H22N2O2/c1-3-11-7-8-13(12(10-16)15(11)18-2)17-14-6-4-5-9-19-14/h7-8,10,14,16-17H,3-6,9H2,1-2H3. The molecule has 4 heteroatoms. The highest BCUT2D eigenvalue weighted by Crippen LogP contribution is 2.30. The molecule has 2 rings (SSSR count). The molecule has 0 saturated carbocycles. The fourth-order valence-corrected chi connectivity index (χ4v) is 2.46. The summed E-state index contributed by atoms with van der Waals surface area (Å²) in [6.45, 7) is 2.89. The molecule has 0 aromatic heterocycles. The van der Waals surface area contributed by atoms with Crippen molar-refractivity contribution in [1.29, 1.82) is 5.41 Å². The van der Waals surface area contributed by atoms with Gasteiger partial charge in [-0.2, -0.15) is 0 Å². The van der Waals surface area contributed by atoms with Crippen LogP contribution in [0.5, 0.6) is 5.75 Å². The van der Waals surface area contributed by atoms with Crippen molar-refractivity contribution in [2.75, 3.05) is 19.0 Å². The molecule has 4 nitrogen and oxygen atoms in total. The molecule has 1 aliphatic rings. The maximum Gasteiger partial charge on any atom is 0.132 e. The maximum absolute atomic E-state index is 7.63. The fourth-order valence-electron chi connectivity index (χ4n) is 2.46. The number of anilines is 1. The Hall–Kier alpha value is -1.55. The zero-order chi connectivity index (χ0) is 13.7. The maximum atomic E-state index is 7.63. The van der Waals surface area contributed by atoms with Gasteiger partial charge in [-0.1, -0.05) is 13.0 Å². The first-order valence-corrected chi connectivity index (χ1v) is 6.88. The first kappa shape index (κ1) is 13.9. The molecule has 0 aliphatic carbocycles. The quantitative estimate of drug-likeness (QED) is 0.801. The molecule has 0 amide bonds. The van der Waals surface area contributed by atoms with Gasteiger partial charge < -0.3 is 20.2 Å². The minimum absolute atomic E-state index is 0.0460. The summed E-state index contributed by atoms with van der Waals surface area (Å²) in [4.78, 5) is 0. The molecule has 1 fully saturated rings. The van der Waals surface area contributed by atoms with Crippen LogP contribution in [0, 0.1) is 5.41 Å². The van der Waals surface area contributed by atoms with E-state index < -0.39 is 0 Å². The normalized spacial score (nSPS) is 18.9. The van der Waals surface area contributed by atoms with Crippen molar-refractivity contribution in [3.05, 3.63) is 23.3 Å². The predicted molar refractivity (Wildman–Crippen MR) is 77.5 cm³/mol. The van der Waals surface area contributed by atoms with Gasteiger partial charge in [0.25, 0.3) is 0 Å². The summed E-state index contributed by atoms with van der Waals surface area (Å²) in [7, 11) is 1.66. The van der Waals surface area contributed by atoms with E-state index in [1.165, 1.54) is 12.6 Å². The largest absolute Gasteiger partial charge is 0.496 e. The Balaban J connectivity index is 2.26. The molecule has 1 aromatic rings. The topological polar surface area (TPSA) is 54.3 Å². The van der Waals surface area contributed by atoms with Crippen molar-refractivity contribution in [2.24, 2.45) is 0 Å². The Morgan fingerprint density at radius 2 is 2.32 bits per heavy atom. The van der Waals surface area contributed by atoms with Crippen molar-refractivity contribution in [1.82, 2.24) is 0 Å². The molecule has 19 heavy (non-hydrogen) atoms. The van der Waals surface area contributed by atoms with E-state index in [-0.39, 0.29) is 6.23 Å². The molecule has 0 bridgehead atoms. The van der Waals surface area contributed by atoms with Crippen LogP contribution >= 0.6 is 0 Å². The van der Waals surface area contributed by atoms with Gasteiger partial charge in [0.05, 0.1) is 12.7 Å². The molecule has 0 spiro atoms. The summed E-state index contributed by atoms with van der Waals surface area (Å²) in [5, 5.41) is 11.0. The van der Waals surface area contributed by atoms with Crippen LogP contribution in [0.3, 0.4) is 0 Å². The van der Waals surface area contributed by atoms with Crippen molar-refractivity contribution < 1.29 is 9.47 Å². The van der Waals surface area contributed by atoms with Gasteiger partial charge >= 0.3 is 0 Å². The van der Waals surface area contributed by atoms with Crippen molar-refractivity contribution in [2.45, 2.75) is 38.8 Å². The Morgan fingerprint density at radius 3 is 2.89 bits per heavy atom. The zero-order valence-electron chi connectivity index (χ0n) is 11.7. The summed E-state index contributed by atoms with van der Waals surface area (Å²) in [5.41, 5.74) is 2.84. The number of hydrogen-bond donors (Lipinski definition) is 2. The lowest BCUT2D eigenvalue weighted by molar-refractivity contribution is 0.0343. The van der Waals surface area contributed by atoms with E-state index in [1.54, 1.807) is 7.11 Å². The number of methoxy groups -OCH3 is 1. The Kier molecular flexibility index (Phi) is 4.80. The van der Waals surface area contributed by atoms with Crippen LogP contribution in [0.15, 0.2) is 12.1 Å². The van der Waals surface area contributed by atoms with Crippen LogP contribution in [-0.4, -0.2) is 26.2 Å². The molecule has 104 valence electrons. The van der Waals surface area contributed by atoms with Gasteiger partial charge in [-0.15, -0.1) is 0 Å². The SMILES string of the molecule is CCc1ccc(NC2CCCCO2)c(C=N)c1OC. The number of aryl methyl sites for hydroxylation is 1. The second-order valence-corrected chi connectivity index (χ2v) is 4.72. The van der Waals surface area contributed by atoms with Crippen LogP contribution in [0.2, 0.25) is 0 Å². The van der Waals surface area contributed by atoms with E-state index in [0.717, 1.165) is 48.4 Å². The van der Waals surface area contributed by atoms with Gasteiger partial charge in [0.2, 0.25) is 0 Å². The average Bonchev–Trinajstić information content (AvgIpc) is 2.47. The molecule has 1 unspecified atom stereocenters. The monoisotopic (exact) mass is 262 g/mol. The molecule has 1 heterocycles. The summed E-state index contributed by atoms with van der Waals surface area (Å²) in [5.74, 6) is 0.790. The predicted octanol–water partition coefficient (Wildman–Crippen LogP) is 3.19. The third kappa shape index (κ3) is 3.07. The Labute approximate surface area is 114 Å². The van der Waals surface area contributed by atoms with Crippen LogP contribution in [0.4, 0.5) is 5.69 Å². The number of benzene rings is 1. The minimum Gasteiger partial charge on any atom is -0.496 e. The lowest BCUT2D eigenvalue weighted by atomic mass is 10.0. The van der Waals surface area contributed by atoms with E-state index in [0.29, 0.717) is 0 Å². The average molecular weight is 262 g/mol. The van der Waals surface area contributed by atoms with Gasteiger partial charge in [-0.25, -0.2) is 0 Å². The summed E-state index contributed by atoms with van der Waals surface area (Å²) < 4.78 is 11.1. The molecular weight excluding hydrogens is 240 g/mol. The summed E-state index contributed by atoms with van der Waals surface area (Å²) >= 11 is 0. The molecular formula is C15H22N2O2. The second-order valence-electron chi connectivity index (χ2n) is 4.72. The van der Waals surface area contributed by atoms with E-state index in [4.69, 9.17) is 14.9 Å². The highest BCUT2D eigenvalue weighted by atomic mass is 16.5. The van der Waals surface area contributed by atoms with Gasteiger partial charge in [-0.3, -0.25) is 0 Å². The first-order valence-electron chi connectivity index (χ1n) is 6.88. The molecule has 2 N–H and O–H groups in total. The summed E-state index contributed by atoms with van der Waals surface area (Å²) in [6.07, 6.45) is 5.61. The number of rotatable bonds is 5. The molecule has 0 radical (unpaired) electrons. The second kappa shape index (κ2) is 6.57. The Morgan fingerprint density at radius 1 is 1.47 bits per heavy atom. The van der Waals surface area contributed by atoms with Crippen LogP contribution < -0.4 is 10.1 Å². The lowest BCUT2D eigenvalue weighted by Crippen LogP contribution is -2.27. The molecule has 1 atom stereocenters. The third-order valence-electron chi connectivity index (χ3n) is 3.50. The van der Waals surface area contributed by atoms with E-state index in [9.17, 15) is 0 Å². The number of ether oxygens (including phenoxy) is 2.